The molecule has 224 valence electrons. The Balaban J connectivity index is 0.000000892. The Morgan fingerprint density at radius 1 is 0.976 bits per heavy atom. The lowest BCUT2D eigenvalue weighted by molar-refractivity contribution is 0.0695. The molecule has 7 heteroatoms. The normalized spacial score (nSPS) is 13.5. The largest absolute Gasteiger partial charge is 0.339 e. The summed E-state index contributed by atoms with van der Waals surface area (Å²) in [5, 5.41) is 8.43. The first kappa shape index (κ1) is 32.6. The molecule has 1 heterocycles. The number of benzene rings is 3. The number of amides is 1. The maximum absolute atomic E-state index is 14.2. The molecule has 0 unspecified atom stereocenters. The van der Waals surface area contributed by atoms with Crippen LogP contribution in [0.5, 0.6) is 0 Å². The van der Waals surface area contributed by atoms with Gasteiger partial charge in [-0.1, -0.05) is 70.2 Å². The number of nitrogens with one attached hydrogen (secondary N) is 1. The van der Waals surface area contributed by atoms with Crippen LogP contribution in [-0.2, 0) is 0 Å². The lowest BCUT2D eigenvalue weighted by Gasteiger charge is -2.37. The Morgan fingerprint density at radius 2 is 1.57 bits per heavy atom. The number of allylic oxidation sites excluding steroid dienone is 1. The minimum absolute atomic E-state index is 0.0613. The van der Waals surface area contributed by atoms with E-state index in [4.69, 9.17) is 5.41 Å². The van der Waals surface area contributed by atoms with E-state index in [0.29, 0.717) is 54.0 Å². The van der Waals surface area contributed by atoms with Crippen molar-refractivity contribution in [3.63, 3.8) is 0 Å². The quantitative estimate of drug-likeness (QED) is 0.215. The van der Waals surface area contributed by atoms with Crippen molar-refractivity contribution in [2.45, 2.75) is 60.4 Å². The van der Waals surface area contributed by atoms with Crippen molar-refractivity contribution in [2.75, 3.05) is 18.0 Å². The van der Waals surface area contributed by atoms with Crippen LogP contribution in [0.15, 0.2) is 79.0 Å². The number of anilines is 1. The molecule has 0 bridgehead atoms. The smallest absolute Gasteiger partial charge is 0.319 e. The number of aryl methyl sites for hydroxylation is 2. The lowest BCUT2D eigenvalue weighted by Crippen LogP contribution is -2.41. The Bertz CT molecular complexity index is 1390. The molecule has 0 saturated carbocycles. The van der Waals surface area contributed by atoms with Gasteiger partial charge in [-0.2, -0.15) is 8.78 Å². The first-order chi connectivity index (χ1) is 20.0. The van der Waals surface area contributed by atoms with Crippen LogP contribution in [0.4, 0.5) is 18.9 Å². The van der Waals surface area contributed by atoms with Gasteiger partial charge in [-0.05, 0) is 74.1 Å². The van der Waals surface area contributed by atoms with Crippen molar-refractivity contribution in [2.24, 2.45) is 11.8 Å². The average Bonchev–Trinajstić information content (AvgIpc) is 2.98. The highest BCUT2D eigenvalue weighted by molar-refractivity contribution is 6.12. The van der Waals surface area contributed by atoms with E-state index in [9.17, 15) is 18.0 Å². The van der Waals surface area contributed by atoms with E-state index in [0.717, 1.165) is 16.4 Å². The maximum Gasteiger partial charge on any atom is 0.319 e. The molecule has 0 aromatic heterocycles. The van der Waals surface area contributed by atoms with Crippen molar-refractivity contribution < 1.29 is 18.0 Å². The van der Waals surface area contributed by atoms with Gasteiger partial charge in [-0.15, -0.1) is 0 Å². The number of halogens is 3. The van der Waals surface area contributed by atoms with Crippen LogP contribution in [0, 0.1) is 36.9 Å². The number of hydrogen-bond donors (Lipinski definition) is 1. The fourth-order valence-corrected chi connectivity index (χ4v) is 4.90. The number of nitrogens with zero attached hydrogens (tertiary/aromatic N) is 2. The first-order valence-electron chi connectivity index (χ1n) is 14.5. The summed E-state index contributed by atoms with van der Waals surface area (Å²) in [7, 11) is 0. The van der Waals surface area contributed by atoms with Gasteiger partial charge in [-0.3, -0.25) is 15.1 Å². The highest BCUT2D eigenvalue weighted by Gasteiger charge is 2.31. The minimum atomic E-state index is -2.71. The van der Waals surface area contributed by atoms with Gasteiger partial charge >= 0.3 is 6.55 Å². The van der Waals surface area contributed by atoms with Crippen molar-refractivity contribution >= 4 is 17.3 Å². The Labute approximate surface area is 248 Å². The molecule has 1 amide bonds. The number of para-hydroxylation sites is 1. The molecule has 1 aliphatic rings. The van der Waals surface area contributed by atoms with E-state index in [1.165, 1.54) is 12.5 Å². The van der Waals surface area contributed by atoms with Crippen LogP contribution in [0.3, 0.4) is 0 Å². The Kier molecular flexibility index (Phi) is 11.5. The van der Waals surface area contributed by atoms with Crippen molar-refractivity contribution in [1.82, 2.24) is 4.90 Å². The van der Waals surface area contributed by atoms with E-state index in [-0.39, 0.29) is 23.1 Å². The SMILES string of the molecule is C=C(C1CCN(C(=O)c2ccc(C(=N)c3ccccc3F)c(C)c2)CC1)N(c1ccccc1C)C(F)F.CCC(C)C. The summed E-state index contributed by atoms with van der Waals surface area (Å²) < 4.78 is 42.2. The van der Waals surface area contributed by atoms with E-state index >= 15 is 0 Å². The van der Waals surface area contributed by atoms with Gasteiger partial charge in [0.25, 0.3) is 5.91 Å². The molecule has 3 aromatic carbocycles. The zero-order valence-corrected chi connectivity index (χ0v) is 25.3. The standard InChI is InChI=1S/C30H30F3N3O.C5H12/c1-19-8-4-7-11-27(19)36(30(32)33)21(3)22-14-16-35(17-15-22)29(37)23-12-13-24(20(2)18-23)28(34)25-9-5-6-10-26(25)31;1-4-5(2)3/h4-13,18,22,30,34H,3,14-17H2,1-2H3;5H,4H2,1-3H3. The minimum Gasteiger partial charge on any atom is -0.339 e. The monoisotopic (exact) mass is 577 g/mol. The Morgan fingerprint density at radius 3 is 2.12 bits per heavy atom. The zero-order chi connectivity index (χ0) is 31.0. The second-order valence-electron chi connectivity index (χ2n) is 11.2. The molecular formula is C35H42F3N3O. The third kappa shape index (κ3) is 7.90. The second kappa shape index (κ2) is 14.9. The molecule has 4 nitrogen and oxygen atoms in total. The van der Waals surface area contributed by atoms with Gasteiger partial charge in [0.2, 0.25) is 0 Å². The summed E-state index contributed by atoms with van der Waals surface area (Å²) in [5.74, 6) is 0.100. The summed E-state index contributed by atoms with van der Waals surface area (Å²) in [6.45, 7) is 12.4. The molecule has 1 saturated heterocycles. The number of hydrogen-bond acceptors (Lipinski definition) is 3. The fourth-order valence-electron chi connectivity index (χ4n) is 4.90. The van der Waals surface area contributed by atoms with Gasteiger partial charge in [-0.25, -0.2) is 4.39 Å². The number of carbonyl (C=O) groups is 1. The summed E-state index contributed by atoms with van der Waals surface area (Å²) in [6, 6.07) is 18.2. The van der Waals surface area contributed by atoms with Crippen molar-refractivity contribution in [1.29, 1.82) is 5.41 Å². The van der Waals surface area contributed by atoms with Gasteiger partial charge < -0.3 is 4.90 Å². The van der Waals surface area contributed by atoms with Crippen LogP contribution < -0.4 is 4.90 Å². The van der Waals surface area contributed by atoms with Crippen LogP contribution in [-0.4, -0.2) is 36.2 Å². The van der Waals surface area contributed by atoms with Crippen LogP contribution in [0.25, 0.3) is 0 Å². The molecule has 42 heavy (non-hydrogen) atoms. The summed E-state index contributed by atoms with van der Waals surface area (Å²) in [4.78, 5) is 15.9. The molecule has 3 aromatic rings. The van der Waals surface area contributed by atoms with Crippen LogP contribution >= 0.6 is 0 Å². The van der Waals surface area contributed by atoms with Gasteiger partial charge in [0.1, 0.15) is 5.82 Å². The molecule has 0 radical (unpaired) electrons. The molecule has 4 rings (SSSR count). The highest BCUT2D eigenvalue weighted by atomic mass is 19.3. The van der Waals surface area contributed by atoms with Crippen LogP contribution in [0.1, 0.15) is 72.6 Å². The van der Waals surface area contributed by atoms with E-state index in [1.807, 2.05) is 6.07 Å². The van der Waals surface area contributed by atoms with E-state index in [1.54, 1.807) is 73.3 Å². The molecule has 1 aliphatic heterocycles. The van der Waals surface area contributed by atoms with Gasteiger partial charge in [0, 0.05) is 47.1 Å². The summed E-state index contributed by atoms with van der Waals surface area (Å²) in [5.41, 5.74) is 3.56. The van der Waals surface area contributed by atoms with Crippen molar-refractivity contribution in [3.05, 3.63) is 113 Å². The number of carbonyl (C=O) groups excluding carboxylic acids is 1. The predicted molar refractivity (Wildman–Crippen MR) is 166 cm³/mol. The third-order valence-corrected chi connectivity index (χ3v) is 7.84. The molecule has 0 aliphatic carbocycles. The first-order valence-corrected chi connectivity index (χ1v) is 14.5. The highest BCUT2D eigenvalue weighted by Crippen LogP contribution is 2.34. The van der Waals surface area contributed by atoms with E-state index in [2.05, 4.69) is 27.4 Å². The van der Waals surface area contributed by atoms with Gasteiger partial charge in [0.05, 0.1) is 5.71 Å². The van der Waals surface area contributed by atoms with Crippen LogP contribution in [0.2, 0.25) is 0 Å². The topological polar surface area (TPSA) is 47.4 Å². The number of alkyl halides is 2. The molecule has 0 spiro atoms. The lowest BCUT2D eigenvalue weighted by atomic mass is 9.92. The Hall–Kier alpha value is -3.87. The predicted octanol–water partition coefficient (Wildman–Crippen LogP) is 9.01. The summed E-state index contributed by atoms with van der Waals surface area (Å²) >= 11 is 0. The zero-order valence-electron chi connectivity index (χ0n) is 25.3. The molecule has 0 atom stereocenters. The number of rotatable bonds is 8. The van der Waals surface area contributed by atoms with E-state index < -0.39 is 12.4 Å². The number of piperidine rings is 1. The van der Waals surface area contributed by atoms with Gasteiger partial charge in [0.15, 0.2) is 0 Å². The molecular weight excluding hydrogens is 535 g/mol. The summed E-state index contributed by atoms with van der Waals surface area (Å²) in [6.07, 6.45) is 2.38. The maximum atomic E-state index is 14.2. The molecule has 1 fully saturated rings. The third-order valence-electron chi connectivity index (χ3n) is 7.84. The fraction of sp³-hybridized carbons (Fsp3) is 0.371. The van der Waals surface area contributed by atoms with Crippen molar-refractivity contribution in [3.8, 4) is 0 Å². The average molecular weight is 578 g/mol. The number of likely N-dealkylation sites (tertiary alicyclic amines) is 1. The second-order valence-corrected chi connectivity index (χ2v) is 11.2. The molecule has 1 N–H and O–H groups in total.